The summed E-state index contributed by atoms with van der Waals surface area (Å²) in [5.74, 6) is 0.868. The molecule has 4 heteroatoms. The van der Waals surface area contributed by atoms with E-state index in [0.29, 0.717) is 0 Å². The summed E-state index contributed by atoms with van der Waals surface area (Å²) >= 11 is 5.92. The Morgan fingerprint density at radius 3 is 2.53 bits per heavy atom. The third kappa shape index (κ3) is 3.18. The predicted octanol–water partition coefficient (Wildman–Crippen LogP) is 3.97. The highest BCUT2D eigenvalue weighted by Crippen LogP contribution is 2.26. The minimum absolute atomic E-state index is 0.268. The third-order valence-corrected chi connectivity index (χ3v) is 3.59. The molecule has 1 unspecified atom stereocenters. The van der Waals surface area contributed by atoms with Crippen LogP contribution < -0.4 is 10.2 Å². The Hall–Kier alpha value is -1.74. The van der Waals surface area contributed by atoms with Gasteiger partial charge < -0.3 is 10.2 Å². The smallest absolute Gasteiger partial charge is 0.127 e. The molecule has 0 aliphatic rings. The topological polar surface area (TPSA) is 28.2 Å². The molecule has 1 N–H and O–H groups in total. The number of hydrogen-bond donors (Lipinski definition) is 1. The van der Waals surface area contributed by atoms with Gasteiger partial charge in [-0.15, -0.1) is 0 Å². The van der Waals surface area contributed by atoms with E-state index in [1.807, 2.05) is 37.5 Å². The highest BCUT2D eigenvalue weighted by molar-refractivity contribution is 6.30. The van der Waals surface area contributed by atoms with Crippen molar-refractivity contribution >= 4 is 23.1 Å². The predicted molar refractivity (Wildman–Crippen MR) is 82.1 cm³/mol. The van der Waals surface area contributed by atoms with Crippen molar-refractivity contribution in [2.45, 2.75) is 13.0 Å². The van der Waals surface area contributed by atoms with Gasteiger partial charge >= 0.3 is 0 Å². The molecule has 0 radical (unpaired) electrons. The van der Waals surface area contributed by atoms with E-state index < -0.39 is 0 Å². The zero-order valence-electron chi connectivity index (χ0n) is 11.4. The second-order valence-electron chi connectivity index (χ2n) is 4.49. The van der Waals surface area contributed by atoms with Gasteiger partial charge in [-0.1, -0.05) is 23.7 Å². The van der Waals surface area contributed by atoms with Crippen molar-refractivity contribution < 1.29 is 0 Å². The molecule has 0 aliphatic heterocycles. The van der Waals surface area contributed by atoms with E-state index in [-0.39, 0.29) is 6.04 Å². The molecule has 1 atom stereocenters. The normalized spacial score (nSPS) is 12.0. The summed E-state index contributed by atoms with van der Waals surface area (Å²) in [6.07, 6.45) is 1.81. The second-order valence-corrected chi connectivity index (χ2v) is 4.92. The maximum atomic E-state index is 5.92. The van der Waals surface area contributed by atoms with E-state index in [2.05, 4.69) is 41.3 Å². The van der Waals surface area contributed by atoms with Crippen molar-refractivity contribution in [2.24, 2.45) is 0 Å². The monoisotopic (exact) mass is 275 g/mol. The quantitative estimate of drug-likeness (QED) is 0.915. The molecule has 0 saturated carbocycles. The van der Waals surface area contributed by atoms with Gasteiger partial charge in [0.2, 0.25) is 0 Å². The van der Waals surface area contributed by atoms with Crippen molar-refractivity contribution in [1.29, 1.82) is 0 Å². The van der Waals surface area contributed by atoms with Gasteiger partial charge in [-0.3, -0.25) is 0 Å². The molecule has 0 aliphatic carbocycles. The van der Waals surface area contributed by atoms with E-state index in [0.717, 1.165) is 16.5 Å². The first-order chi connectivity index (χ1) is 9.11. The Morgan fingerprint density at radius 2 is 1.89 bits per heavy atom. The summed E-state index contributed by atoms with van der Waals surface area (Å²) in [4.78, 5) is 6.44. The molecule has 0 fully saturated rings. The molecule has 19 heavy (non-hydrogen) atoms. The number of nitrogens with one attached hydrogen (secondary N) is 1. The van der Waals surface area contributed by atoms with Crippen LogP contribution in [0.2, 0.25) is 5.02 Å². The molecule has 0 bridgehead atoms. The Labute approximate surface area is 119 Å². The number of pyridine rings is 1. The van der Waals surface area contributed by atoms with Gasteiger partial charge in [0.1, 0.15) is 5.82 Å². The number of benzene rings is 1. The van der Waals surface area contributed by atoms with Crippen LogP contribution in [0.4, 0.5) is 11.5 Å². The number of nitrogens with zero attached hydrogens (tertiary/aromatic N) is 2. The minimum atomic E-state index is 0.268. The number of aromatic nitrogens is 1. The SMILES string of the molecule is CNc1cc(N(C)C(C)c2ccc(Cl)cc2)ccn1. The third-order valence-electron chi connectivity index (χ3n) is 3.34. The first-order valence-corrected chi connectivity index (χ1v) is 6.61. The van der Waals surface area contributed by atoms with Crippen LogP contribution in [-0.2, 0) is 0 Å². The highest BCUT2D eigenvalue weighted by atomic mass is 35.5. The molecule has 0 spiro atoms. The van der Waals surface area contributed by atoms with E-state index in [9.17, 15) is 0 Å². The van der Waals surface area contributed by atoms with Crippen molar-refractivity contribution in [1.82, 2.24) is 4.98 Å². The molecule has 100 valence electrons. The van der Waals surface area contributed by atoms with Crippen LogP contribution in [-0.4, -0.2) is 19.1 Å². The number of rotatable bonds is 4. The molecule has 1 heterocycles. The van der Waals surface area contributed by atoms with Crippen molar-refractivity contribution in [3.05, 3.63) is 53.2 Å². The maximum absolute atomic E-state index is 5.92. The Bertz CT molecular complexity index is 539. The lowest BCUT2D eigenvalue weighted by Gasteiger charge is -2.27. The molecular formula is C15H18ClN3. The minimum Gasteiger partial charge on any atom is -0.373 e. The first-order valence-electron chi connectivity index (χ1n) is 6.24. The van der Waals surface area contributed by atoms with Gasteiger partial charge in [-0.05, 0) is 30.7 Å². The second kappa shape index (κ2) is 5.93. The molecule has 1 aromatic carbocycles. The van der Waals surface area contributed by atoms with Gasteiger partial charge in [-0.2, -0.15) is 0 Å². The lowest BCUT2D eigenvalue weighted by molar-refractivity contribution is 0.739. The standard InChI is InChI=1S/C15H18ClN3/c1-11(12-4-6-13(16)7-5-12)19(3)14-8-9-18-15(10-14)17-2/h4-11H,1-3H3,(H,17,18). The molecule has 1 aromatic heterocycles. The van der Waals surface area contributed by atoms with Crippen LogP contribution in [0.25, 0.3) is 0 Å². The van der Waals surface area contributed by atoms with Crippen LogP contribution in [0.15, 0.2) is 42.6 Å². The van der Waals surface area contributed by atoms with Gasteiger partial charge in [-0.25, -0.2) is 4.98 Å². The van der Waals surface area contributed by atoms with Crippen molar-refractivity contribution in [3.8, 4) is 0 Å². The van der Waals surface area contributed by atoms with Gasteiger partial charge in [0.05, 0.1) is 6.04 Å². The average molecular weight is 276 g/mol. The highest BCUT2D eigenvalue weighted by Gasteiger charge is 2.12. The first kappa shape index (κ1) is 13.7. The van der Waals surface area contributed by atoms with Crippen LogP contribution in [0.1, 0.15) is 18.5 Å². The van der Waals surface area contributed by atoms with Gasteiger partial charge in [0.25, 0.3) is 0 Å². The van der Waals surface area contributed by atoms with Crippen LogP contribution in [0.3, 0.4) is 0 Å². The molecular weight excluding hydrogens is 258 g/mol. The fourth-order valence-corrected chi connectivity index (χ4v) is 2.09. The number of hydrogen-bond acceptors (Lipinski definition) is 3. The van der Waals surface area contributed by atoms with Crippen LogP contribution in [0, 0.1) is 0 Å². The zero-order chi connectivity index (χ0) is 13.8. The summed E-state index contributed by atoms with van der Waals surface area (Å²) in [5, 5.41) is 3.82. The molecule has 3 nitrogen and oxygen atoms in total. The molecule has 2 aromatic rings. The molecule has 0 saturated heterocycles. The summed E-state index contributed by atoms with van der Waals surface area (Å²) in [6, 6.07) is 12.3. The Balaban J connectivity index is 2.22. The Kier molecular flexibility index (Phi) is 4.27. The number of anilines is 2. The Morgan fingerprint density at radius 1 is 1.21 bits per heavy atom. The largest absolute Gasteiger partial charge is 0.373 e. The van der Waals surface area contributed by atoms with Crippen LogP contribution >= 0.6 is 11.6 Å². The average Bonchev–Trinajstić information content (AvgIpc) is 2.46. The summed E-state index contributed by atoms with van der Waals surface area (Å²) in [6.45, 7) is 2.17. The van der Waals surface area contributed by atoms with Gasteiger partial charge in [0.15, 0.2) is 0 Å². The van der Waals surface area contributed by atoms with E-state index >= 15 is 0 Å². The number of halogens is 1. The summed E-state index contributed by atoms with van der Waals surface area (Å²) < 4.78 is 0. The van der Waals surface area contributed by atoms with Gasteiger partial charge in [0, 0.05) is 37.1 Å². The lowest BCUT2D eigenvalue weighted by atomic mass is 10.1. The van der Waals surface area contributed by atoms with Crippen molar-refractivity contribution in [3.63, 3.8) is 0 Å². The summed E-state index contributed by atoms with van der Waals surface area (Å²) in [7, 11) is 3.95. The zero-order valence-corrected chi connectivity index (χ0v) is 12.1. The molecule has 0 amide bonds. The fraction of sp³-hybridized carbons (Fsp3) is 0.267. The van der Waals surface area contributed by atoms with E-state index in [4.69, 9.17) is 11.6 Å². The van der Waals surface area contributed by atoms with Crippen molar-refractivity contribution in [2.75, 3.05) is 24.3 Å². The van der Waals surface area contributed by atoms with E-state index in [1.54, 1.807) is 0 Å². The lowest BCUT2D eigenvalue weighted by Crippen LogP contribution is -2.21. The maximum Gasteiger partial charge on any atom is 0.127 e. The van der Waals surface area contributed by atoms with E-state index in [1.165, 1.54) is 5.56 Å². The summed E-state index contributed by atoms with van der Waals surface area (Å²) in [5.41, 5.74) is 2.36. The molecule has 2 rings (SSSR count). The van der Waals surface area contributed by atoms with Crippen LogP contribution in [0.5, 0.6) is 0 Å². The fourth-order valence-electron chi connectivity index (χ4n) is 1.96.